The Labute approximate surface area is 125 Å². The molecule has 5 heteroatoms. The van der Waals surface area contributed by atoms with Gasteiger partial charge in [-0.1, -0.05) is 17.3 Å². The van der Waals surface area contributed by atoms with E-state index in [9.17, 15) is 5.11 Å². The lowest BCUT2D eigenvalue weighted by atomic mass is 10.1. The molecule has 0 amide bonds. The van der Waals surface area contributed by atoms with E-state index < -0.39 is 0 Å². The Morgan fingerprint density at radius 3 is 2.52 bits per heavy atom. The summed E-state index contributed by atoms with van der Waals surface area (Å²) >= 11 is 0. The van der Waals surface area contributed by atoms with Crippen LogP contribution in [0.3, 0.4) is 0 Å². The molecule has 0 radical (unpaired) electrons. The van der Waals surface area contributed by atoms with Gasteiger partial charge in [0.1, 0.15) is 0 Å². The van der Waals surface area contributed by atoms with Gasteiger partial charge in [-0.25, -0.2) is 4.68 Å². The number of aryl methyl sites for hydroxylation is 1. The quantitative estimate of drug-likeness (QED) is 0.927. The van der Waals surface area contributed by atoms with Gasteiger partial charge in [-0.3, -0.25) is 0 Å². The number of aliphatic hydroxyl groups excluding tert-OH is 1. The minimum atomic E-state index is -0.0910. The van der Waals surface area contributed by atoms with E-state index in [2.05, 4.69) is 39.5 Å². The molecule has 0 spiro atoms. The summed E-state index contributed by atoms with van der Waals surface area (Å²) in [7, 11) is 0. The number of likely N-dealkylation sites (tertiary alicyclic amines) is 1. The molecule has 0 atom stereocenters. The maximum Gasteiger partial charge on any atom is 0.0800 e. The van der Waals surface area contributed by atoms with Crippen LogP contribution in [-0.2, 0) is 6.42 Å². The third kappa shape index (κ3) is 3.68. The van der Waals surface area contributed by atoms with Crippen molar-refractivity contribution in [2.24, 2.45) is 0 Å². The van der Waals surface area contributed by atoms with Gasteiger partial charge >= 0.3 is 0 Å². The van der Waals surface area contributed by atoms with Crippen molar-refractivity contribution >= 4 is 0 Å². The lowest BCUT2D eigenvalue weighted by Gasteiger charge is -2.29. The average molecular weight is 286 g/mol. The molecule has 0 unspecified atom stereocenters. The fraction of sp³-hybridized carbons (Fsp3) is 0.500. The Kier molecular flexibility index (Phi) is 4.31. The van der Waals surface area contributed by atoms with Crippen molar-refractivity contribution in [3.8, 4) is 5.69 Å². The molecular weight excluding hydrogens is 264 g/mol. The molecule has 5 nitrogen and oxygen atoms in total. The van der Waals surface area contributed by atoms with E-state index in [0.29, 0.717) is 0 Å². The minimum Gasteiger partial charge on any atom is -0.393 e. The molecule has 112 valence electrons. The maximum atomic E-state index is 9.51. The molecule has 21 heavy (non-hydrogen) atoms. The molecule has 1 aliphatic heterocycles. The molecule has 0 saturated carbocycles. The highest BCUT2D eigenvalue weighted by atomic mass is 16.3. The van der Waals surface area contributed by atoms with Crippen molar-refractivity contribution in [1.29, 1.82) is 0 Å². The third-order valence-corrected chi connectivity index (χ3v) is 4.08. The normalized spacial score (nSPS) is 17.2. The van der Waals surface area contributed by atoms with Gasteiger partial charge in [0.15, 0.2) is 0 Å². The van der Waals surface area contributed by atoms with Crippen LogP contribution in [-0.4, -0.2) is 50.7 Å². The van der Waals surface area contributed by atoms with Crippen LogP contribution in [0, 0.1) is 6.92 Å². The SMILES string of the molecule is Cc1cn(-c2ccc(CCN3CCC(O)CC3)cc2)nn1. The summed E-state index contributed by atoms with van der Waals surface area (Å²) < 4.78 is 1.80. The number of hydrogen-bond acceptors (Lipinski definition) is 4. The zero-order chi connectivity index (χ0) is 14.7. The Morgan fingerprint density at radius 1 is 1.19 bits per heavy atom. The lowest BCUT2D eigenvalue weighted by Crippen LogP contribution is -2.37. The fourth-order valence-electron chi connectivity index (χ4n) is 2.72. The van der Waals surface area contributed by atoms with Crippen LogP contribution in [0.2, 0.25) is 0 Å². The molecule has 3 rings (SSSR count). The van der Waals surface area contributed by atoms with Gasteiger partial charge in [0, 0.05) is 19.6 Å². The summed E-state index contributed by atoms with van der Waals surface area (Å²) in [6.45, 7) is 5.02. The summed E-state index contributed by atoms with van der Waals surface area (Å²) in [5.74, 6) is 0. The highest BCUT2D eigenvalue weighted by Gasteiger charge is 2.16. The van der Waals surface area contributed by atoms with Gasteiger partial charge in [0.25, 0.3) is 0 Å². The van der Waals surface area contributed by atoms with E-state index in [-0.39, 0.29) is 6.10 Å². The van der Waals surface area contributed by atoms with Gasteiger partial charge in [0.2, 0.25) is 0 Å². The first kappa shape index (κ1) is 14.2. The Hall–Kier alpha value is -1.72. The first-order chi connectivity index (χ1) is 10.2. The van der Waals surface area contributed by atoms with Crippen molar-refractivity contribution in [3.05, 3.63) is 41.7 Å². The van der Waals surface area contributed by atoms with E-state index >= 15 is 0 Å². The molecule has 1 aromatic heterocycles. The third-order valence-electron chi connectivity index (χ3n) is 4.08. The molecule has 0 bridgehead atoms. The largest absolute Gasteiger partial charge is 0.393 e. The molecule has 1 saturated heterocycles. The molecule has 2 aromatic rings. The van der Waals surface area contributed by atoms with Crippen LogP contribution >= 0.6 is 0 Å². The monoisotopic (exact) mass is 286 g/mol. The van der Waals surface area contributed by atoms with E-state index in [1.807, 2.05) is 13.1 Å². The van der Waals surface area contributed by atoms with Crippen LogP contribution in [0.15, 0.2) is 30.5 Å². The number of rotatable bonds is 4. The first-order valence-corrected chi connectivity index (χ1v) is 7.59. The molecule has 1 N–H and O–H groups in total. The van der Waals surface area contributed by atoms with Crippen molar-refractivity contribution in [3.63, 3.8) is 0 Å². The molecular formula is C16H22N4O. The molecule has 1 aromatic carbocycles. The predicted molar refractivity (Wildman–Crippen MR) is 81.5 cm³/mol. The van der Waals surface area contributed by atoms with Crippen molar-refractivity contribution in [2.45, 2.75) is 32.3 Å². The van der Waals surface area contributed by atoms with E-state index in [0.717, 1.165) is 50.3 Å². The van der Waals surface area contributed by atoms with Gasteiger partial charge < -0.3 is 10.0 Å². The van der Waals surface area contributed by atoms with Crippen LogP contribution in [0.4, 0.5) is 0 Å². The average Bonchev–Trinajstić information content (AvgIpc) is 2.94. The standard InChI is InChI=1S/C16H22N4O/c1-13-12-20(18-17-13)15-4-2-14(3-5-15)6-9-19-10-7-16(21)8-11-19/h2-5,12,16,21H,6-11H2,1H3. The second-order valence-corrected chi connectivity index (χ2v) is 5.79. The Morgan fingerprint density at radius 2 is 1.90 bits per heavy atom. The van der Waals surface area contributed by atoms with E-state index in [1.54, 1.807) is 4.68 Å². The smallest absolute Gasteiger partial charge is 0.0800 e. The second-order valence-electron chi connectivity index (χ2n) is 5.79. The molecule has 0 aliphatic carbocycles. The molecule has 1 aliphatic rings. The number of piperidine rings is 1. The zero-order valence-electron chi connectivity index (χ0n) is 12.4. The second kappa shape index (κ2) is 6.37. The number of hydrogen-bond donors (Lipinski definition) is 1. The maximum absolute atomic E-state index is 9.51. The lowest BCUT2D eigenvalue weighted by molar-refractivity contribution is 0.0832. The number of aliphatic hydroxyl groups is 1. The fourth-order valence-corrected chi connectivity index (χ4v) is 2.72. The van der Waals surface area contributed by atoms with Gasteiger partial charge in [-0.05, 0) is 43.9 Å². The van der Waals surface area contributed by atoms with Crippen molar-refractivity contribution in [2.75, 3.05) is 19.6 Å². The minimum absolute atomic E-state index is 0.0910. The topological polar surface area (TPSA) is 54.2 Å². The summed E-state index contributed by atoms with van der Waals surface area (Å²) in [6, 6.07) is 8.49. The summed E-state index contributed by atoms with van der Waals surface area (Å²) in [6.07, 6.45) is 4.70. The molecule has 1 fully saturated rings. The first-order valence-electron chi connectivity index (χ1n) is 7.59. The van der Waals surface area contributed by atoms with Crippen molar-refractivity contribution < 1.29 is 5.11 Å². The number of benzene rings is 1. The van der Waals surface area contributed by atoms with Crippen LogP contribution < -0.4 is 0 Å². The Bertz CT molecular complexity index is 570. The highest BCUT2D eigenvalue weighted by molar-refractivity contribution is 5.33. The van der Waals surface area contributed by atoms with Crippen LogP contribution in [0.1, 0.15) is 24.1 Å². The number of nitrogens with zero attached hydrogens (tertiary/aromatic N) is 4. The highest BCUT2D eigenvalue weighted by Crippen LogP contribution is 2.13. The van der Waals surface area contributed by atoms with Gasteiger partial charge in [-0.15, -0.1) is 5.10 Å². The van der Waals surface area contributed by atoms with Crippen LogP contribution in [0.25, 0.3) is 5.69 Å². The predicted octanol–water partition coefficient (Wildman–Crippen LogP) is 1.57. The van der Waals surface area contributed by atoms with E-state index in [1.165, 1.54) is 5.56 Å². The van der Waals surface area contributed by atoms with Gasteiger partial charge in [0.05, 0.1) is 23.7 Å². The summed E-state index contributed by atoms with van der Waals surface area (Å²) in [5.41, 5.74) is 3.30. The van der Waals surface area contributed by atoms with Crippen LogP contribution in [0.5, 0.6) is 0 Å². The summed E-state index contributed by atoms with van der Waals surface area (Å²) in [5, 5.41) is 17.6. The molecule has 2 heterocycles. The van der Waals surface area contributed by atoms with E-state index in [4.69, 9.17) is 0 Å². The number of aromatic nitrogens is 3. The Balaban J connectivity index is 1.55. The van der Waals surface area contributed by atoms with Gasteiger partial charge in [-0.2, -0.15) is 0 Å². The van der Waals surface area contributed by atoms with Crippen molar-refractivity contribution in [1.82, 2.24) is 19.9 Å². The zero-order valence-corrected chi connectivity index (χ0v) is 12.4. The summed E-state index contributed by atoms with van der Waals surface area (Å²) in [4.78, 5) is 2.43.